The molecule has 1 amide bonds. The Labute approximate surface area is 142 Å². The second-order valence-electron chi connectivity index (χ2n) is 5.33. The number of carbonyl (C=O) groups excluding carboxylic acids is 2. The van der Waals surface area contributed by atoms with E-state index in [1.54, 1.807) is 16.2 Å². The molecule has 0 saturated carbocycles. The number of esters is 1. The Hall–Kier alpha value is -1.73. The van der Waals surface area contributed by atoms with Crippen LogP contribution in [0.5, 0.6) is 0 Å². The summed E-state index contributed by atoms with van der Waals surface area (Å²) in [6.07, 6.45) is 1.32. The van der Waals surface area contributed by atoms with Crippen molar-refractivity contribution in [2.75, 3.05) is 19.7 Å². The SMILES string of the molecule is CCOC(=O)C1CCN(C(=O)c2csc(-c3cccs3)n2)CC1. The van der Waals surface area contributed by atoms with Crippen LogP contribution in [0, 0.1) is 5.92 Å². The Bertz CT molecular complexity index is 673. The first-order valence-corrected chi connectivity index (χ1v) is 9.40. The summed E-state index contributed by atoms with van der Waals surface area (Å²) in [5.74, 6) is -0.282. The number of likely N-dealkylation sites (tertiary alicyclic amines) is 1. The first-order chi connectivity index (χ1) is 11.2. The van der Waals surface area contributed by atoms with Crippen molar-refractivity contribution in [2.24, 2.45) is 5.92 Å². The van der Waals surface area contributed by atoms with E-state index in [1.807, 2.05) is 29.8 Å². The third kappa shape index (κ3) is 3.61. The van der Waals surface area contributed by atoms with Gasteiger partial charge in [-0.15, -0.1) is 22.7 Å². The fourth-order valence-electron chi connectivity index (χ4n) is 2.63. The van der Waals surface area contributed by atoms with Crippen LogP contribution in [0.1, 0.15) is 30.3 Å². The minimum atomic E-state index is -0.145. The van der Waals surface area contributed by atoms with E-state index in [2.05, 4.69) is 4.98 Å². The van der Waals surface area contributed by atoms with Crippen molar-refractivity contribution >= 4 is 34.6 Å². The van der Waals surface area contributed by atoms with Crippen molar-refractivity contribution < 1.29 is 14.3 Å². The highest BCUT2D eigenvalue weighted by atomic mass is 32.1. The van der Waals surface area contributed by atoms with Gasteiger partial charge in [-0.1, -0.05) is 6.07 Å². The van der Waals surface area contributed by atoms with Crippen LogP contribution in [0.2, 0.25) is 0 Å². The number of nitrogens with zero attached hydrogens (tertiary/aromatic N) is 2. The van der Waals surface area contributed by atoms with Gasteiger partial charge in [0.2, 0.25) is 0 Å². The van der Waals surface area contributed by atoms with Crippen molar-refractivity contribution in [3.05, 3.63) is 28.6 Å². The van der Waals surface area contributed by atoms with Crippen LogP contribution in [0.15, 0.2) is 22.9 Å². The number of ether oxygens (including phenoxy) is 1. The molecule has 0 aliphatic carbocycles. The van der Waals surface area contributed by atoms with Crippen molar-refractivity contribution in [2.45, 2.75) is 19.8 Å². The Balaban J connectivity index is 1.60. The van der Waals surface area contributed by atoms with Gasteiger partial charge in [-0.3, -0.25) is 9.59 Å². The first-order valence-electron chi connectivity index (χ1n) is 7.64. The van der Waals surface area contributed by atoms with Gasteiger partial charge in [0.25, 0.3) is 5.91 Å². The third-order valence-corrected chi connectivity index (χ3v) is 5.74. The zero-order valence-electron chi connectivity index (χ0n) is 12.9. The van der Waals surface area contributed by atoms with Crippen LogP contribution in [-0.4, -0.2) is 41.5 Å². The van der Waals surface area contributed by atoms with Crippen molar-refractivity contribution in [1.29, 1.82) is 0 Å². The first kappa shape index (κ1) is 16.1. The quantitative estimate of drug-likeness (QED) is 0.794. The molecular weight excluding hydrogens is 332 g/mol. The molecule has 0 unspecified atom stereocenters. The summed E-state index contributed by atoms with van der Waals surface area (Å²) in [4.78, 5) is 31.6. The zero-order valence-corrected chi connectivity index (χ0v) is 14.5. The number of aromatic nitrogens is 1. The van der Waals surface area contributed by atoms with E-state index in [9.17, 15) is 9.59 Å². The van der Waals surface area contributed by atoms with Gasteiger partial charge in [-0.05, 0) is 31.2 Å². The van der Waals surface area contributed by atoms with Gasteiger partial charge in [0, 0.05) is 18.5 Å². The maximum absolute atomic E-state index is 12.5. The molecule has 0 atom stereocenters. The van der Waals surface area contributed by atoms with E-state index in [0.717, 1.165) is 9.88 Å². The summed E-state index contributed by atoms with van der Waals surface area (Å²) in [6.45, 7) is 3.37. The standard InChI is InChI=1S/C16H18N2O3S2/c1-2-21-16(20)11-5-7-18(8-6-11)15(19)12-10-23-14(17-12)13-4-3-9-22-13/h3-4,9-11H,2,5-8H2,1H3. The maximum Gasteiger partial charge on any atom is 0.309 e. The van der Waals surface area contributed by atoms with E-state index in [4.69, 9.17) is 4.74 Å². The van der Waals surface area contributed by atoms with Crippen LogP contribution in [-0.2, 0) is 9.53 Å². The molecule has 1 aliphatic rings. The lowest BCUT2D eigenvalue weighted by molar-refractivity contribution is -0.149. The second-order valence-corrected chi connectivity index (χ2v) is 7.14. The van der Waals surface area contributed by atoms with Crippen molar-refractivity contribution in [1.82, 2.24) is 9.88 Å². The molecular formula is C16H18N2O3S2. The molecule has 3 heterocycles. The maximum atomic E-state index is 12.5. The molecule has 1 saturated heterocycles. The molecule has 0 spiro atoms. The molecule has 122 valence electrons. The Morgan fingerprint density at radius 1 is 1.35 bits per heavy atom. The fraction of sp³-hybridized carbons (Fsp3) is 0.438. The highest BCUT2D eigenvalue weighted by Crippen LogP contribution is 2.28. The predicted molar refractivity (Wildman–Crippen MR) is 90.7 cm³/mol. The van der Waals surface area contributed by atoms with Crippen molar-refractivity contribution in [3.63, 3.8) is 0 Å². The Kier molecular flexibility index (Phi) is 5.07. The smallest absolute Gasteiger partial charge is 0.309 e. The van der Waals surface area contributed by atoms with Crippen LogP contribution in [0.4, 0.5) is 0 Å². The van der Waals surface area contributed by atoms with Crippen LogP contribution in [0.3, 0.4) is 0 Å². The largest absolute Gasteiger partial charge is 0.466 e. The number of thiophene rings is 1. The highest BCUT2D eigenvalue weighted by molar-refractivity contribution is 7.20. The number of carbonyl (C=O) groups is 2. The van der Waals surface area contributed by atoms with E-state index < -0.39 is 0 Å². The molecule has 1 aliphatic heterocycles. The summed E-state index contributed by atoms with van der Waals surface area (Å²) in [7, 11) is 0. The minimum Gasteiger partial charge on any atom is -0.466 e. The average Bonchev–Trinajstić information content (AvgIpc) is 3.25. The van der Waals surface area contributed by atoms with E-state index >= 15 is 0 Å². The molecule has 0 N–H and O–H groups in total. The molecule has 0 radical (unpaired) electrons. The number of piperidine rings is 1. The van der Waals surface area contributed by atoms with Crippen LogP contribution >= 0.6 is 22.7 Å². The molecule has 0 aromatic carbocycles. The van der Waals surface area contributed by atoms with Gasteiger partial charge in [-0.25, -0.2) is 4.98 Å². The van der Waals surface area contributed by atoms with Gasteiger partial charge in [0.15, 0.2) is 0 Å². The lowest BCUT2D eigenvalue weighted by Crippen LogP contribution is -2.40. The van der Waals surface area contributed by atoms with Gasteiger partial charge in [0.05, 0.1) is 17.4 Å². The number of hydrogen-bond donors (Lipinski definition) is 0. The zero-order chi connectivity index (χ0) is 16.2. The third-order valence-electron chi connectivity index (χ3n) is 3.86. The lowest BCUT2D eigenvalue weighted by atomic mass is 9.97. The second kappa shape index (κ2) is 7.23. The average molecular weight is 350 g/mol. The number of thiazole rings is 1. The molecule has 7 heteroatoms. The number of hydrogen-bond acceptors (Lipinski definition) is 6. The fourth-order valence-corrected chi connectivity index (χ4v) is 4.23. The lowest BCUT2D eigenvalue weighted by Gasteiger charge is -2.30. The minimum absolute atomic E-state index is 0.0497. The van der Waals surface area contributed by atoms with Crippen molar-refractivity contribution in [3.8, 4) is 9.88 Å². The summed E-state index contributed by atoms with van der Waals surface area (Å²) in [5, 5.41) is 4.69. The van der Waals surface area contributed by atoms with Gasteiger partial charge >= 0.3 is 5.97 Å². The van der Waals surface area contributed by atoms with E-state index in [-0.39, 0.29) is 17.8 Å². The van der Waals surface area contributed by atoms with Gasteiger partial charge in [0.1, 0.15) is 10.7 Å². The summed E-state index contributed by atoms with van der Waals surface area (Å²) in [5.41, 5.74) is 0.494. The molecule has 2 aromatic heterocycles. The van der Waals surface area contributed by atoms with Crippen LogP contribution < -0.4 is 0 Å². The molecule has 2 aromatic rings. The molecule has 0 bridgehead atoms. The Morgan fingerprint density at radius 3 is 2.78 bits per heavy atom. The topological polar surface area (TPSA) is 59.5 Å². The van der Waals surface area contributed by atoms with E-state index in [0.29, 0.717) is 38.2 Å². The summed E-state index contributed by atoms with van der Waals surface area (Å²) >= 11 is 3.11. The van der Waals surface area contributed by atoms with Gasteiger partial charge in [-0.2, -0.15) is 0 Å². The molecule has 3 rings (SSSR count). The molecule has 5 nitrogen and oxygen atoms in total. The number of rotatable bonds is 4. The highest BCUT2D eigenvalue weighted by Gasteiger charge is 2.29. The summed E-state index contributed by atoms with van der Waals surface area (Å²) in [6, 6.07) is 3.98. The molecule has 1 fully saturated rings. The number of amides is 1. The normalized spacial score (nSPS) is 15.6. The monoisotopic (exact) mass is 350 g/mol. The Morgan fingerprint density at radius 2 is 2.13 bits per heavy atom. The molecule has 23 heavy (non-hydrogen) atoms. The van der Waals surface area contributed by atoms with Gasteiger partial charge < -0.3 is 9.64 Å². The van der Waals surface area contributed by atoms with E-state index in [1.165, 1.54) is 11.3 Å². The summed E-state index contributed by atoms with van der Waals surface area (Å²) < 4.78 is 5.05. The predicted octanol–water partition coefficient (Wildman–Crippen LogP) is 3.29. The van der Waals surface area contributed by atoms with Crippen LogP contribution in [0.25, 0.3) is 9.88 Å².